The number of amidine groups is 1. The van der Waals surface area contributed by atoms with Crippen molar-refractivity contribution < 1.29 is 0 Å². The van der Waals surface area contributed by atoms with E-state index in [0.717, 1.165) is 19.6 Å². The molecule has 2 rings (SSSR count). The summed E-state index contributed by atoms with van der Waals surface area (Å²) >= 11 is 0. The van der Waals surface area contributed by atoms with Crippen LogP contribution in [0, 0.1) is 5.41 Å². The number of rotatable bonds is 3. The van der Waals surface area contributed by atoms with Gasteiger partial charge in [-0.2, -0.15) is 0 Å². The van der Waals surface area contributed by atoms with Crippen LogP contribution in [0.15, 0.2) is 24.3 Å². The SMILES string of the molecule is N=C(N)CCN1CCCc2ccccc2C1. The Morgan fingerprint density at radius 3 is 2.81 bits per heavy atom. The molecule has 1 aromatic carbocycles. The maximum Gasteiger partial charge on any atom is 0.0918 e. The summed E-state index contributed by atoms with van der Waals surface area (Å²) in [6.45, 7) is 3.02. The molecule has 0 amide bonds. The Morgan fingerprint density at radius 2 is 2.06 bits per heavy atom. The molecule has 0 spiro atoms. The average Bonchev–Trinajstić information content (AvgIpc) is 2.47. The topological polar surface area (TPSA) is 53.1 Å². The molecule has 0 aromatic heterocycles. The quantitative estimate of drug-likeness (QED) is 0.599. The third-order valence-electron chi connectivity index (χ3n) is 3.13. The molecule has 1 heterocycles. The highest BCUT2D eigenvalue weighted by Crippen LogP contribution is 2.18. The van der Waals surface area contributed by atoms with E-state index >= 15 is 0 Å². The van der Waals surface area contributed by atoms with Crippen molar-refractivity contribution in [3.8, 4) is 0 Å². The number of nitrogens with one attached hydrogen (secondary N) is 1. The van der Waals surface area contributed by atoms with Crippen molar-refractivity contribution in [1.29, 1.82) is 5.41 Å². The van der Waals surface area contributed by atoms with E-state index in [4.69, 9.17) is 11.1 Å². The first-order chi connectivity index (χ1) is 7.75. The molecule has 1 aromatic rings. The molecule has 86 valence electrons. The molecule has 3 heteroatoms. The van der Waals surface area contributed by atoms with E-state index in [2.05, 4.69) is 29.2 Å². The molecular weight excluding hydrogens is 198 g/mol. The zero-order valence-corrected chi connectivity index (χ0v) is 9.58. The van der Waals surface area contributed by atoms with Gasteiger partial charge < -0.3 is 5.73 Å². The average molecular weight is 217 g/mol. The normalized spacial score (nSPS) is 16.5. The lowest BCUT2D eigenvalue weighted by molar-refractivity contribution is 0.277. The molecule has 1 aliphatic rings. The van der Waals surface area contributed by atoms with Crippen molar-refractivity contribution in [2.45, 2.75) is 25.8 Å². The van der Waals surface area contributed by atoms with Gasteiger partial charge in [0.2, 0.25) is 0 Å². The maximum absolute atomic E-state index is 7.26. The van der Waals surface area contributed by atoms with Gasteiger partial charge in [-0.05, 0) is 30.5 Å². The molecule has 3 nitrogen and oxygen atoms in total. The highest BCUT2D eigenvalue weighted by molar-refractivity contribution is 5.76. The van der Waals surface area contributed by atoms with E-state index in [1.165, 1.54) is 24.0 Å². The second-order valence-electron chi connectivity index (χ2n) is 4.42. The molecule has 0 atom stereocenters. The third kappa shape index (κ3) is 2.83. The van der Waals surface area contributed by atoms with Crippen molar-refractivity contribution >= 4 is 5.84 Å². The summed E-state index contributed by atoms with van der Waals surface area (Å²) < 4.78 is 0. The summed E-state index contributed by atoms with van der Waals surface area (Å²) in [6.07, 6.45) is 3.06. The first kappa shape index (κ1) is 11.1. The number of aryl methyl sites for hydroxylation is 1. The summed E-state index contributed by atoms with van der Waals surface area (Å²) in [7, 11) is 0. The van der Waals surface area contributed by atoms with Crippen molar-refractivity contribution in [2.75, 3.05) is 13.1 Å². The Balaban J connectivity index is 2.02. The monoisotopic (exact) mass is 217 g/mol. The highest BCUT2D eigenvalue weighted by Gasteiger charge is 2.13. The summed E-state index contributed by atoms with van der Waals surface area (Å²) in [5.74, 6) is 0.289. The summed E-state index contributed by atoms with van der Waals surface area (Å²) in [5.41, 5.74) is 8.31. The Kier molecular flexibility index (Phi) is 3.57. The zero-order chi connectivity index (χ0) is 11.4. The molecule has 0 unspecified atom stereocenters. The Morgan fingerprint density at radius 1 is 1.31 bits per heavy atom. The number of nitrogens with two attached hydrogens (primary N) is 1. The fourth-order valence-corrected chi connectivity index (χ4v) is 2.24. The number of benzene rings is 1. The number of fused-ring (bicyclic) bond motifs is 1. The van der Waals surface area contributed by atoms with Crippen molar-refractivity contribution in [3.05, 3.63) is 35.4 Å². The standard InChI is InChI=1S/C13H19N3/c14-13(15)7-9-16-8-3-6-11-4-1-2-5-12(11)10-16/h1-2,4-5H,3,6-10H2,(H3,14,15). The van der Waals surface area contributed by atoms with Crippen LogP contribution in [-0.4, -0.2) is 23.8 Å². The van der Waals surface area contributed by atoms with E-state index in [-0.39, 0.29) is 5.84 Å². The van der Waals surface area contributed by atoms with E-state index in [1.54, 1.807) is 0 Å². The summed E-state index contributed by atoms with van der Waals surface area (Å²) in [5, 5.41) is 7.26. The molecular formula is C13H19N3. The van der Waals surface area contributed by atoms with E-state index in [9.17, 15) is 0 Å². The van der Waals surface area contributed by atoms with Crippen LogP contribution in [0.1, 0.15) is 24.0 Å². The summed E-state index contributed by atoms with van der Waals surface area (Å²) in [6, 6.07) is 8.66. The van der Waals surface area contributed by atoms with Crippen molar-refractivity contribution in [2.24, 2.45) is 5.73 Å². The van der Waals surface area contributed by atoms with Crippen LogP contribution in [-0.2, 0) is 13.0 Å². The molecule has 0 aliphatic carbocycles. The molecule has 0 saturated carbocycles. The highest BCUT2D eigenvalue weighted by atomic mass is 15.1. The predicted octanol–water partition coefficient (Wildman–Crippen LogP) is 1.76. The zero-order valence-electron chi connectivity index (χ0n) is 9.58. The minimum atomic E-state index is 0.289. The van der Waals surface area contributed by atoms with Crippen molar-refractivity contribution in [3.63, 3.8) is 0 Å². The lowest BCUT2D eigenvalue weighted by Crippen LogP contribution is -2.27. The van der Waals surface area contributed by atoms with Gasteiger partial charge in [0, 0.05) is 19.5 Å². The Hall–Kier alpha value is -1.35. The van der Waals surface area contributed by atoms with E-state index in [1.807, 2.05) is 0 Å². The molecule has 16 heavy (non-hydrogen) atoms. The number of hydrogen-bond acceptors (Lipinski definition) is 2. The van der Waals surface area contributed by atoms with Crippen LogP contribution in [0.25, 0.3) is 0 Å². The fourth-order valence-electron chi connectivity index (χ4n) is 2.24. The summed E-state index contributed by atoms with van der Waals surface area (Å²) in [4.78, 5) is 2.40. The van der Waals surface area contributed by atoms with Gasteiger partial charge in [0.25, 0.3) is 0 Å². The fraction of sp³-hybridized carbons (Fsp3) is 0.462. The number of hydrogen-bond donors (Lipinski definition) is 2. The van der Waals surface area contributed by atoms with Gasteiger partial charge in [0.05, 0.1) is 5.84 Å². The number of nitrogens with zero attached hydrogens (tertiary/aromatic N) is 1. The van der Waals surface area contributed by atoms with E-state index < -0.39 is 0 Å². The van der Waals surface area contributed by atoms with Crippen LogP contribution in [0.5, 0.6) is 0 Å². The molecule has 1 aliphatic heterocycles. The van der Waals surface area contributed by atoms with Crippen LogP contribution in [0.2, 0.25) is 0 Å². The van der Waals surface area contributed by atoms with E-state index in [0.29, 0.717) is 6.42 Å². The molecule has 0 bridgehead atoms. The Bertz CT molecular complexity index is 373. The second kappa shape index (κ2) is 5.12. The van der Waals surface area contributed by atoms with Crippen LogP contribution in [0.3, 0.4) is 0 Å². The van der Waals surface area contributed by atoms with Gasteiger partial charge in [0.1, 0.15) is 0 Å². The minimum Gasteiger partial charge on any atom is -0.388 e. The van der Waals surface area contributed by atoms with Crippen LogP contribution < -0.4 is 5.73 Å². The Labute approximate surface area is 96.8 Å². The first-order valence-electron chi connectivity index (χ1n) is 5.88. The molecule has 0 radical (unpaired) electrons. The first-order valence-corrected chi connectivity index (χ1v) is 5.88. The smallest absolute Gasteiger partial charge is 0.0918 e. The molecule has 0 fully saturated rings. The largest absolute Gasteiger partial charge is 0.388 e. The lowest BCUT2D eigenvalue weighted by atomic mass is 10.0. The van der Waals surface area contributed by atoms with Crippen LogP contribution in [0.4, 0.5) is 0 Å². The van der Waals surface area contributed by atoms with Gasteiger partial charge in [0.15, 0.2) is 0 Å². The van der Waals surface area contributed by atoms with Gasteiger partial charge in [-0.15, -0.1) is 0 Å². The van der Waals surface area contributed by atoms with Crippen molar-refractivity contribution in [1.82, 2.24) is 4.90 Å². The lowest BCUT2D eigenvalue weighted by Gasteiger charge is -2.19. The van der Waals surface area contributed by atoms with Gasteiger partial charge in [-0.1, -0.05) is 24.3 Å². The van der Waals surface area contributed by atoms with Gasteiger partial charge in [-0.25, -0.2) is 0 Å². The van der Waals surface area contributed by atoms with Crippen LogP contribution >= 0.6 is 0 Å². The predicted molar refractivity (Wildman–Crippen MR) is 66.6 cm³/mol. The van der Waals surface area contributed by atoms with Gasteiger partial charge in [-0.3, -0.25) is 10.3 Å². The maximum atomic E-state index is 7.26. The third-order valence-corrected chi connectivity index (χ3v) is 3.13. The second-order valence-corrected chi connectivity index (χ2v) is 4.42. The minimum absolute atomic E-state index is 0.289. The molecule has 3 N–H and O–H groups in total. The van der Waals surface area contributed by atoms with Gasteiger partial charge >= 0.3 is 0 Å². The molecule has 0 saturated heterocycles.